The highest BCUT2D eigenvalue weighted by Gasteiger charge is 2.22. The quantitative estimate of drug-likeness (QED) is 0.607. The van der Waals surface area contributed by atoms with Gasteiger partial charge < -0.3 is 9.80 Å². The number of carbonyl (C=O) groups is 1. The van der Waals surface area contributed by atoms with Crippen LogP contribution in [0.4, 0.5) is 16.0 Å². The van der Waals surface area contributed by atoms with Gasteiger partial charge in [-0.1, -0.05) is 12.1 Å². The van der Waals surface area contributed by atoms with Crippen LogP contribution in [0.5, 0.6) is 0 Å². The maximum atomic E-state index is 13.1. The van der Waals surface area contributed by atoms with Crippen LogP contribution < -0.4 is 9.80 Å². The minimum Gasteiger partial charge on any atom is -0.353 e. The van der Waals surface area contributed by atoms with Gasteiger partial charge in [0.2, 0.25) is 0 Å². The molecule has 1 fully saturated rings. The van der Waals surface area contributed by atoms with E-state index in [2.05, 4.69) is 38.8 Å². The van der Waals surface area contributed by atoms with Crippen molar-refractivity contribution in [3.63, 3.8) is 0 Å². The molecule has 0 atom stereocenters. The standard InChI is InChI=1S/C23H24FN5O/c1-16-17(2)23(27-26-21(16)13-18-3-6-20(24)7-4-18)29-11-9-28(10-12-29)22-8-5-19(15-30)14-25-22/h3-8,14-15H,9-13H2,1-2H3. The van der Waals surface area contributed by atoms with Gasteiger partial charge in [0.15, 0.2) is 12.1 Å². The fourth-order valence-corrected chi connectivity index (χ4v) is 3.71. The van der Waals surface area contributed by atoms with E-state index in [0.717, 1.165) is 66.5 Å². The van der Waals surface area contributed by atoms with Crippen molar-refractivity contribution < 1.29 is 9.18 Å². The molecular weight excluding hydrogens is 381 g/mol. The molecule has 0 unspecified atom stereocenters. The first kappa shape index (κ1) is 19.9. The highest BCUT2D eigenvalue weighted by Crippen LogP contribution is 2.25. The van der Waals surface area contributed by atoms with Gasteiger partial charge in [-0.25, -0.2) is 9.37 Å². The first-order valence-corrected chi connectivity index (χ1v) is 10.0. The van der Waals surface area contributed by atoms with E-state index in [0.29, 0.717) is 12.0 Å². The third-order valence-electron chi connectivity index (χ3n) is 5.69. The van der Waals surface area contributed by atoms with Crippen LogP contribution >= 0.6 is 0 Å². The number of nitrogens with zero attached hydrogens (tertiary/aromatic N) is 5. The van der Waals surface area contributed by atoms with E-state index in [1.807, 2.05) is 6.07 Å². The Kier molecular flexibility index (Phi) is 5.70. The van der Waals surface area contributed by atoms with Gasteiger partial charge in [-0.05, 0) is 54.8 Å². The number of aromatic nitrogens is 3. The van der Waals surface area contributed by atoms with Gasteiger partial charge in [-0.3, -0.25) is 4.79 Å². The summed E-state index contributed by atoms with van der Waals surface area (Å²) in [5, 5.41) is 9.01. The molecule has 3 aromatic rings. The van der Waals surface area contributed by atoms with Crippen molar-refractivity contribution in [3.05, 3.63) is 76.4 Å². The zero-order chi connectivity index (χ0) is 21.1. The molecule has 1 aromatic carbocycles. The Hall–Kier alpha value is -3.35. The maximum Gasteiger partial charge on any atom is 0.154 e. The summed E-state index contributed by atoms with van der Waals surface area (Å²) in [6.07, 6.45) is 3.04. The van der Waals surface area contributed by atoms with Crippen LogP contribution in [0.15, 0.2) is 42.6 Å². The van der Waals surface area contributed by atoms with E-state index in [-0.39, 0.29) is 5.82 Å². The lowest BCUT2D eigenvalue weighted by atomic mass is 10.0. The third-order valence-corrected chi connectivity index (χ3v) is 5.69. The fourth-order valence-electron chi connectivity index (χ4n) is 3.71. The van der Waals surface area contributed by atoms with Gasteiger partial charge in [0.05, 0.1) is 5.69 Å². The van der Waals surface area contributed by atoms with Gasteiger partial charge in [-0.15, -0.1) is 5.10 Å². The number of pyridine rings is 1. The number of aldehydes is 1. The maximum absolute atomic E-state index is 13.1. The molecule has 30 heavy (non-hydrogen) atoms. The summed E-state index contributed by atoms with van der Waals surface area (Å²) >= 11 is 0. The molecule has 1 aliphatic rings. The Labute approximate surface area is 175 Å². The topological polar surface area (TPSA) is 62.2 Å². The summed E-state index contributed by atoms with van der Waals surface area (Å²) in [6.45, 7) is 7.45. The zero-order valence-electron chi connectivity index (χ0n) is 17.2. The van der Waals surface area contributed by atoms with E-state index in [1.54, 1.807) is 24.4 Å². The summed E-state index contributed by atoms with van der Waals surface area (Å²) in [4.78, 5) is 19.7. The zero-order valence-corrected chi connectivity index (χ0v) is 17.2. The van der Waals surface area contributed by atoms with Crippen molar-refractivity contribution in [2.45, 2.75) is 20.3 Å². The molecular formula is C23H24FN5O. The van der Waals surface area contributed by atoms with E-state index in [9.17, 15) is 9.18 Å². The van der Waals surface area contributed by atoms with Crippen molar-refractivity contribution in [1.82, 2.24) is 15.2 Å². The SMILES string of the molecule is Cc1c(Cc2ccc(F)cc2)nnc(N2CCN(c3ccc(C=O)cn3)CC2)c1C. The van der Waals surface area contributed by atoms with Crippen molar-refractivity contribution in [2.24, 2.45) is 0 Å². The van der Waals surface area contributed by atoms with E-state index in [1.165, 1.54) is 12.1 Å². The number of rotatable bonds is 5. The molecule has 3 heterocycles. The molecule has 4 rings (SSSR count). The average Bonchev–Trinajstić information content (AvgIpc) is 2.79. The Balaban J connectivity index is 1.45. The lowest BCUT2D eigenvalue weighted by molar-refractivity contribution is 0.112. The molecule has 0 radical (unpaired) electrons. The summed E-state index contributed by atoms with van der Waals surface area (Å²) in [5.74, 6) is 1.57. The Morgan fingerprint density at radius 3 is 2.27 bits per heavy atom. The first-order chi connectivity index (χ1) is 14.5. The number of hydrogen-bond donors (Lipinski definition) is 0. The molecule has 1 saturated heterocycles. The summed E-state index contributed by atoms with van der Waals surface area (Å²) in [6, 6.07) is 10.2. The minimum atomic E-state index is -0.234. The highest BCUT2D eigenvalue weighted by atomic mass is 19.1. The lowest BCUT2D eigenvalue weighted by Crippen LogP contribution is -2.47. The molecule has 2 aromatic heterocycles. The van der Waals surface area contributed by atoms with Crippen molar-refractivity contribution in [1.29, 1.82) is 0 Å². The third kappa shape index (κ3) is 4.15. The second-order valence-corrected chi connectivity index (χ2v) is 7.57. The van der Waals surface area contributed by atoms with Gasteiger partial charge in [-0.2, -0.15) is 5.10 Å². The molecule has 0 spiro atoms. The largest absolute Gasteiger partial charge is 0.353 e. The minimum absolute atomic E-state index is 0.234. The van der Waals surface area contributed by atoms with Crippen molar-refractivity contribution >= 4 is 17.9 Å². The molecule has 154 valence electrons. The second-order valence-electron chi connectivity index (χ2n) is 7.57. The molecule has 0 N–H and O–H groups in total. The smallest absolute Gasteiger partial charge is 0.154 e. The number of anilines is 2. The second kappa shape index (κ2) is 8.57. The van der Waals surface area contributed by atoms with Crippen molar-refractivity contribution in [2.75, 3.05) is 36.0 Å². The molecule has 6 nitrogen and oxygen atoms in total. The Bertz CT molecular complexity index is 1030. The molecule has 0 amide bonds. The van der Waals surface area contributed by atoms with Crippen LogP contribution in [0.2, 0.25) is 0 Å². The van der Waals surface area contributed by atoms with Crippen LogP contribution in [0.25, 0.3) is 0 Å². The van der Waals surface area contributed by atoms with Crippen LogP contribution in [-0.2, 0) is 6.42 Å². The van der Waals surface area contributed by atoms with E-state index >= 15 is 0 Å². The number of hydrogen-bond acceptors (Lipinski definition) is 6. The van der Waals surface area contributed by atoms with Gasteiger partial charge in [0.1, 0.15) is 11.6 Å². The first-order valence-electron chi connectivity index (χ1n) is 10.0. The molecule has 0 saturated carbocycles. The average molecular weight is 405 g/mol. The molecule has 0 aliphatic carbocycles. The van der Waals surface area contributed by atoms with Crippen LogP contribution in [-0.4, -0.2) is 47.6 Å². The Morgan fingerprint density at radius 2 is 1.63 bits per heavy atom. The molecule has 0 bridgehead atoms. The highest BCUT2D eigenvalue weighted by molar-refractivity contribution is 5.74. The Morgan fingerprint density at radius 1 is 0.933 bits per heavy atom. The van der Waals surface area contributed by atoms with Gasteiger partial charge in [0.25, 0.3) is 0 Å². The van der Waals surface area contributed by atoms with Crippen LogP contribution in [0.3, 0.4) is 0 Å². The lowest BCUT2D eigenvalue weighted by Gasteiger charge is -2.36. The van der Waals surface area contributed by atoms with Gasteiger partial charge >= 0.3 is 0 Å². The fraction of sp³-hybridized carbons (Fsp3) is 0.304. The summed E-state index contributed by atoms with van der Waals surface area (Å²) < 4.78 is 13.1. The van der Waals surface area contributed by atoms with Gasteiger partial charge in [0, 0.05) is 44.4 Å². The van der Waals surface area contributed by atoms with Crippen molar-refractivity contribution in [3.8, 4) is 0 Å². The number of piperazine rings is 1. The predicted octanol–water partition coefficient (Wildman–Crippen LogP) is 3.36. The number of carbonyl (C=O) groups excluding carboxylic acids is 1. The number of halogens is 1. The van der Waals surface area contributed by atoms with E-state index in [4.69, 9.17) is 0 Å². The summed E-state index contributed by atoms with van der Waals surface area (Å²) in [5.41, 5.74) is 4.77. The van der Waals surface area contributed by atoms with Crippen LogP contribution in [0, 0.1) is 19.7 Å². The van der Waals surface area contributed by atoms with Crippen LogP contribution in [0.1, 0.15) is 32.7 Å². The molecule has 7 heteroatoms. The normalized spacial score (nSPS) is 14.1. The predicted molar refractivity (Wildman–Crippen MR) is 115 cm³/mol. The summed E-state index contributed by atoms with van der Waals surface area (Å²) in [7, 11) is 0. The molecule has 1 aliphatic heterocycles. The van der Waals surface area contributed by atoms with E-state index < -0.39 is 0 Å². The monoisotopic (exact) mass is 405 g/mol. The number of benzene rings is 1.